The van der Waals surface area contributed by atoms with E-state index in [1.165, 1.54) is 6.33 Å². The molecule has 0 fully saturated rings. The molecule has 0 amide bonds. The van der Waals surface area contributed by atoms with Crippen LogP contribution in [0.25, 0.3) is 0 Å². The van der Waals surface area contributed by atoms with Gasteiger partial charge < -0.3 is 5.11 Å². The summed E-state index contributed by atoms with van der Waals surface area (Å²) in [5.41, 5.74) is 0.784. The summed E-state index contributed by atoms with van der Waals surface area (Å²) >= 11 is 0. The van der Waals surface area contributed by atoms with Gasteiger partial charge in [-0.1, -0.05) is 6.08 Å². The molecule has 1 aromatic heterocycles. The van der Waals surface area contributed by atoms with E-state index in [-0.39, 0.29) is 0 Å². The van der Waals surface area contributed by atoms with Crippen molar-refractivity contribution in [2.75, 3.05) is 0 Å². The number of unbranched alkanes of at least 4 members (excludes halogenated alkanes) is 1. The van der Waals surface area contributed by atoms with Gasteiger partial charge in [0.05, 0.1) is 6.10 Å². The van der Waals surface area contributed by atoms with Gasteiger partial charge in [-0.25, -0.2) is 9.97 Å². The van der Waals surface area contributed by atoms with Crippen LogP contribution in [0.5, 0.6) is 0 Å². The highest BCUT2D eigenvalue weighted by Crippen LogP contribution is 2.16. The first-order chi connectivity index (χ1) is 6.34. The van der Waals surface area contributed by atoms with E-state index in [1.807, 2.05) is 6.08 Å². The van der Waals surface area contributed by atoms with E-state index in [9.17, 15) is 5.11 Å². The second kappa shape index (κ2) is 5.43. The summed E-state index contributed by atoms with van der Waals surface area (Å²) in [5, 5.41) is 9.63. The third-order valence-corrected chi connectivity index (χ3v) is 1.85. The molecule has 0 aliphatic heterocycles. The Balaban J connectivity index is 2.39. The van der Waals surface area contributed by atoms with Gasteiger partial charge in [-0.2, -0.15) is 0 Å². The zero-order valence-corrected chi connectivity index (χ0v) is 7.56. The molecule has 1 heterocycles. The number of aliphatic hydroxyl groups excluding tert-OH is 1. The molecule has 3 nitrogen and oxygen atoms in total. The van der Waals surface area contributed by atoms with Gasteiger partial charge in [0.25, 0.3) is 0 Å². The Hall–Kier alpha value is -1.22. The van der Waals surface area contributed by atoms with Crippen molar-refractivity contribution in [3.05, 3.63) is 36.9 Å². The molecule has 1 atom stereocenters. The normalized spacial score (nSPS) is 12.4. The Bertz CT molecular complexity index is 248. The van der Waals surface area contributed by atoms with Crippen molar-refractivity contribution >= 4 is 0 Å². The van der Waals surface area contributed by atoms with Crippen LogP contribution >= 0.6 is 0 Å². The lowest BCUT2D eigenvalue weighted by atomic mass is 10.1. The Morgan fingerprint density at radius 1 is 1.46 bits per heavy atom. The number of hydrogen-bond donors (Lipinski definition) is 1. The maximum atomic E-state index is 9.63. The molecule has 0 aromatic carbocycles. The second-order valence-corrected chi connectivity index (χ2v) is 2.91. The van der Waals surface area contributed by atoms with Gasteiger partial charge >= 0.3 is 0 Å². The molecule has 1 rings (SSSR count). The van der Waals surface area contributed by atoms with E-state index in [0.717, 1.165) is 24.8 Å². The Kier molecular flexibility index (Phi) is 4.12. The molecule has 1 N–H and O–H groups in total. The summed E-state index contributed by atoms with van der Waals surface area (Å²) < 4.78 is 0. The summed E-state index contributed by atoms with van der Waals surface area (Å²) in [5.74, 6) is 0. The highest BCUT2D eigenvalue weighted by molar-refractivity contribution is 5.06. The Labute approximate surface area is 78.2 Å². The monoisotopic (exact) mass is 178 g/mol. The summed E-state index contributed by atoms with van der Waals surface area (Å²) in [6.07, 6.45) is 8.77. The zero-order valence-electron chi connectivity index (χ0n) is 7.56. The molecule has 0 aliphatic carbocycles. The van der Waals surface area contributed by atoms with E-state index in [1.54, 1.807) is 12.4 Å². The van der Waals surface area contributed by atoms with Crippen molar-refractivity contribution in [2.45, 2.75) is 25.4 Å². The van der Waals surface area contributed by atoms with Crippen LogP contribution in [0, 0.1) is 0 Å². The minimum atomic E-state index is -0.443. The predicted octanol–water partition coefficient (Wildman–Crippen LogP) is 1.87. The summed E-state index contributed by atoms with van der Waals surface area (Å²) in [7, 11) is 0. The molecule has 0 aliphatic rings. The first-order valence-electron chi connectivity index (χ1n) is 4.38. The maximum Gasteiger partial charge on any atom is 0.115 e. The molecule has 13 heavy (non-hydrogen) atoms. The fourth-order valence-electron chi connectivity index (χ4n) is 1.10. The molecule has 0 saturated heterocycles. The smallest absolute Gasteiger partial charge is 0.115 e. The molecule has 0 spiro atoms. The molecule has 0 bridgehead atoms. The van der Waals surface area contributed by atoms with Crippen molar-refractivity contribution in [1.82, 2.24) is 9.97 Å². The zero-order chi connectivity index (χ0) is 9.52. The fourth-order valence-corrected chi connectivity index (χ4v) is 1.10. The van der Waals surface area contributed by atoms with E-state index in [4.69, 9.17) is 0 Å². The lowest BCUT2D eigenvalue weighted by molar-refractivity contribution is 0.164. The summed E-state index contributed by atoms with van der Waals surface area (Å²) in [6.45, 7) is 3.62. The standard InChI is InChI=1S/C10H14N2O/c1-2-3-4-5-10(13)9-6-11-8-12-7-9/h2,6-8,10,13H,1,3-5H2. The quantitative estimate of drug-likeness (QED) is 0.553. The van der Waals surface area contributed by atoms with Crippen LogP contribution in [0.3, 0.4) is 0 Å². The molecule has 70 valence electrons. The molecular formula is C10H14N2O. The molecule has 0 saturated carbocycles. The largest absolute Gasteiger partial charge is 0.388 e. The summed E-state index contributed by atoms with van der Waals surface area (Å²) in [6, 6.07) is 0. The number of aromatic nitrogens is 2. The van der Waals surface area contributed by atoms with Crippen LogP contribution in [-0.4, -0.2) is 15.1 Å². The third-order valence-electron chi connectivity index (χ3n) is 1.85. The average molecular weight is 178 g/mol. The number of rotatable bonds is 5. The summed E-state index contributed by atoms with van der Waals surface area (Å²) in [4.78, 5) is 7.69. The van der Waals surface area contributed by atoms with Crippen LogP contribution in [0.4, 0.5) is 0 Å². The lowest BCUT2D eigenvalue weighted by Gasteiger charge is -2.08. The minimum Gasteiger partial charge on any atom is -0.388 e. The molecule has 0 radical (unpaired) electrons. The molecule has 1 unspecified atom stereocenters. The van der Waals surface area contributed by atoms with Gasteiger partial charge in [0.15, 0.2) is 0 Å². The number of hydrogen-bond acceptors (Lipinski definition) is 3. The first-order valence-corrected chi connectivity index (χ1v) is 4.38. The van der Waals surface area contributed by atoms with Crippen molar-refractivity contribution in [1.29, 1.82) is 0 Å². The number of allylic oxidation sites excluding steroid dienone is 1. The molecular weight excluding hydrogens is 164 g/mol. The van der Waals surface area contributed by atoms with Crippen LogP contribution < -0.4 is 0 Å². The van der Waals surface area contributed by atoms with Crippen LogP contribution in [0.1, 0.15) is 30.9 Å². The molecule has 3 heteroatoms. The van der Waals surface area contributed by atoms with E-state index in [2.05, 4.69) is 16.5 Å². The first kappa shape index (κ1) is 9.86. The minimum absolute atomic E-state index is 0.443. The van der Waals surface area contributed by atoms with E-state index >= 15 is 0 Å². The van der Waals surface area contributed by atoms with Crippen molar-refractivity contribution in [3.63, 3.8) is 0 Å². The highest BCUT2D eigenvalue weighted by Gasteiger charge is 2.06. The van der Waals surface area contributed by atoms with Gasteiger partial charge in [0, 0.05) is 18.0 Å². The SMILES string of the molecule is C=CCCCC(O)c1cncnc1. The van der Waals surface area contributed by atoms with Gasteiger partial charge in [0.2, 0.25) is 0 Å². The topological polar surface area (TPSA) is 46.0 Å². The van der Waals surface area contributed by atoms with Crippen LogP contribution in [0.15, 0.2) is 31.4 Å². The van der Waals surface area contributed by atoms with Crippen LogP contribution in [-0.2, 0) is 0 Å². The highest BCUT2D eigenvalue weighted by atomic mass is 16.3. The van der Waals surface area contributed by atoms with Gasteiger partial charge in [-0.3, -0.25) is 0 Å². The predicted molar refractivity (Wildman–Crippen MR) is 51.0 cm³/mol. The average Bonchev–Trinajstić information content (AvgIpc) is 2.19. The number of aliphatic hydroxyl groups is 1. The van der Waals surface area contributed by atoms with E-state index < -0.39 is 6.10 Å². The van der Waals surface area contributed by atoms with Crippen molar-refractivity contribution < 1.29 is 5.11 Å². The van der Waals surface area contributed by atoms with Gasteiger partial charge in [-0.15, -0.1) is 6.58 Å². The number of nitrogens with zero attached hydrogens (tertiary/aromatic N) is 2. The van der Waals surface area contributed by atoms with Crippen molar-refractivity contribution in [2.24, 2.45) is 0 Å². The third kappa shape index (κ3) is 3.34. The Morgan fingerprint density at radius 2 is 2.15 bits per heavy atom. The van der Waals surface area contributed by atoms with E-state index in [0.29, 0.717) is 0 Å². The second-order valence-electron chi connectivity index (χ2n) is 2.91. The molecule has 1 aromatic rings. The van der Waals surface area contributed by atoms with Gasteiger partial charge in [-0.05, 0) is 19.3 Å². The van der Waals surface area contributed by atoms with Crippen LogP contribution in [0.2, 0.25) is 0 Å². The Morgan fingerprint density at radius 3 is 2.77 bits per heavy atom. The maximum absolute atomic E-state index is 9.63. The van der Waals surface area contributed by atoms with Crippen molar-refractivity contribution in [3.8, 4) is 0 Å². The van der Waals surface area contributed by atoms with Gasteiger partial charge in [0.1, 0.15) is 6.33 Å². The fraction of sp³-hybridized carbons (Fsp3) is 0.400. The lowest BCUT2D eigenvalue weighted by Crippen LogP contribution is -1.98.